The van der Waals surface area contributed by atoms with Gasteiger partial charge in [-0.25, -0.2) is 4.98 Å². The first-order valence-corrected chi connectivity index (χ1v) is 8.64. The van der Waals surface area contributed by atoms with Crippen molar-refractivity contribution in [2.75, 3.05) is 45.9 Å². The fourth-order valence-corrected chi connectivity index (χ4v) is 3.72. The summed E-state index contributed by atoms with van der Waals surface area (Å²) in [5, 5.41) is 0. The van der Waals surface area contributed by atoms with Crippen LogP contribution in [0.1, 0.15) is 30.1 Å². The fraction of sp³-hybridized carbons (Fsp3) is 0.824. The number of aromatic nitrogens is 2. The molecule has 1 atom stereocenters. The normalized spacial score (nSPS) is 24.8. The van der Waals surface area contributed by atoms with E-state index in [4.69, 9.17) is 9.72 Å². The number of morpholine rings is 1. The van der Waals surface area contributed by atoms with Crippen molar-refractivity contribution in [3.05, 3.63) is 17.2 Å². The van der Waals surface area contributed by atoms with E-state index in [1.807, 2.05) is 0 Å². The summed E-state index contributed by atoms with van der Waals surface area (Å²) < 4.78 is 7.70. The smallest absolute Gasteiger partial charge is 0.123 e. The van der Waals surface area contributed by atoms with Gasteiger partial charge in [0.15, 0.2) is 0 Å². The number of imidazole rings is 1. The van der Waals surface area contributed by atoms with Gasteiger partial charge in [0.25, 0.3) is 0 Å². The van der Waals surface area contributed by atoms with Gasteiger partial charge in [-0.2, -0.15) is 0 Å². The summed E-state index contributed by atoms with van der Waals surface area (Å²) in [5.41, 5.74) is 2.45. The number of piperidine rings is 1. The van der Waals surface area contributed by atoms with E-state index in [-0.39, 0.29) is 0 Å². The summed E-state index contributed by atoms with van der Waals surface area (Å²) in [5.74, 6) is 2.01. The monoisotopic (exact) mass is 306 g/mol. The van der Waals surface area contributed by atoms with Crippen LogP contribution < -0.4 is 0 Å². The van der Waals surface area contributed by atoms with Gasteiger partial charge in [0, 0.05) is 38.9 Å². The van der Waals surface area contributed by atoms with Crippen LogP contribution in [-0.4, -0.2) is 65.3 Å². The van der Waals surface area contributed by atoms with E-state index >= 15 is 0 Å². The Morgan fingerprint density at radius 1 is 1.14 bits per heavy atom. The molecule has 0 aromatic carbocycles. The van der Waals surface area contributed by atoms with Crippen LogP contribution in [-0.2, 0) is 18.3 Å². The molecule has 2 aliphatic heterocycles. The summed E-state index contributed by atoms with van der Waals surface area (Å²) in [6.45, 7) is 12.9. The fourth-order valence-electron chi connectivity index (χ4n) is 3.72. The summed E-state index contributed by atoms with van der Waals surface area (Å²) in [7, 11) is 2.14. The lowest BCUT2D eigenvalue weighted by molar-refractivity contribution is 0.0222. The molecule has 3 heterocycles. The maximum absolute atomic E-state index is 5.45. The molecule has 5 nitrogen and oxygen atoms in total. The second-order valence-electron chi connectivity index (χ2n) is 6.91. The Bertz CT molecular complexity index is 493. The van der Waals surface area contributed by atoms with E-state index in [0.29, 0.717) is 0 Å². The Morgan fingerprint density at radius 3 is 2.59 bits per heavy atom. The third-order valence-electron chi connectivity index (χ3n) is 5.30. The Morgan fingerprint density at radius 2 is 1.91 bits per heavy atom. The first-order chi connectivity index (χ1) is 10.6. The SMILES string of the molecule is Cc1nc(CN2CCC[C@@H](CN3CCOCC3)C2)n(C)c1C. The van der Waals surface area contributed by atoms with Gasteiger partial charge in [-0.1, -0.05) is 0 Å². The first-order valence-electron chi connectivity index (χ1n) is 8.64. The number of likely N-dealkylation sites (tertiary alicyclic amines) is 1. The molecule has 2 fully saturated rings. The molecule has 2 saturated heterocycles. The minimum Gasteiger partial charge on any atom is -0.379 e. The molecule has 0 radical (unpaired) electrons. The van der Waals surface area contributed by atoms with E-state index in [1.54, 1.807) is 0 Å². The van der Waals surface area contributed by atoms with Gasteiger partial charge in [0.05, 0.1) is 25.5 Å². The molecular weight excluding hydrogens is 276 g/mol. The molecule has 0 N–H and O–H groups in total. The molecule has 2 aliphatic rings. The number of aryl methyl sites for hydroxylation is 1. The van der Waals surface area contributed by atoms with Gasteiger partial charge in [0.1, 0.15) is 5.82 Å². The predicted octanol–water partition coefficient (Wildman–Crippen LogP) is 1.58. The second kappa shape index (κ2) is 7.11. The molecule has 1 aromatic rings. The molecule has 0 saturated carbocycles. The zero-order valence-corrected chi connectivity index (χ0v) is 14.3. The van der Waals surface area contributed by atoms with Crippen molar-refractivity contribution in [3.8, 4) is 0 Å². The minimum atomic E-state index is 0.800. The van der Waals surface area contributed by atoms with Crippen molar-refractivity contribution in [1.29, 1.82) is 0 Å². The van der Waals surface area contributed by atoms with Crippen molar-refractivity contribution in [2.45, 2.75) is 33.2 Å². The second-order valence-corrected chi connectivity index (χ2v) is 6.91. The van der Waals surface area contributed by atoms with E-state index in [9.17, 15) is 0 Å². The van der Waals surface area contributed by atoms with Gasteiger partial charge < -0.3 is 9.30 Å². The van der Waals surface area contributed by atoms with Crippen molar-refractivity contribution in [1.82, 2.24) is 19.4 Å². The van der Waals surface area contributed by atoms with E-state index < -0.39 is 0 Å². The minimum absolute atomic E-state index is 0.800. The lowest BCUT2D eigenvalue weighted by Crippen LogP contribution is -2.44. The molecule has 1 aromatic heterocycles. The van der Waals surface area contributed by atoms with Gasteiger partial charge in [-0.15, -0.1) is 0 Å². The Balaban J connectivity index is 1.54. The molecular formula is C17H30N4O. The predicted molar refractivity (Wildman–Crippen MR) is 87.9 cm³/mol. The van der Waals surface area contributed by atoms with Crippen LogP contribution in [0.25, 0.3) is 0 Å². The van der Waals surface area contributed by atoms with Gasteiger partial charge in [-0.05, 0) is 39.2 Å². The van der Waals surface area contributed by atoms with Crippen molar-refractivity contribution in [3.63, 3.8) is 0 Å². The third-order valence-corrected chi connectivity index (χ3v) is 5.30. The standard InChI is InChI=1S/C17H30N4O/c1-14-15(2)19(3)17(18-14)13-21-6-4-5-16(12-21)11-20-7-9-22-10-8-20/h16H,4-13H2,1-3H3/t16-/m0/s1. The number of rotatable bonds is 4. The number of ether oxygens (including phenoxy) is 1. The molecule has 0 spiro atoms. The summed E-state index contributed by atoms with van der Waals surface area (Å²) in [4.78, 5) is 9.91. The summed E-state index contributed by atoms with van der Waals surface area (Å²) in [6, 6.07) is 0. The van der Waals surface area contributed by atoms with Gasteiger partial charge in [-0.3, -0.25) is 9.80 Å². The van der Waals surface area contributed by atoms with E-state index in [2.05, 4.69) is 35.3 Å². The molecule has 5 heteroatoms. The molecule has 0 aliphatic carbocycles. The van der Waals surface area contributed by atoms with Crippen molar-refractivity contribution < 1.29 is 4.74 Å². The van der Waals surface area contributed by atoms with Crippen LogP contribution in [0.3, 0.4) is 0 Å². The van der Waals surface area contributed by atoms with Crippen LogP contribution in [0.4, 0.5) is 0 Å². The summed E-state index contributed by atoms with van der Waals surface area (Å²) >= 11 is 0. The third kappa shape index (κ3) is 3.70. The van der Waals surface area contributed by atoms with E-state index in [0.717, 1.165) is 38.8 Å². The van der Waals surface area contributed by atoms with E-state index in [1.165, 1.54) is 49.7 Å². The Hall–Kier alpha value is -0.910. The van der Waals surface area contributed by atoms with Crippen LogP contribution in [0.15, 0.2) is 0 Å². The lowest BCUT2D eigenvalue weighted by Gasteiger charge is -2.36. The maximum Gasteiger partial charge on any atom is 0.123 e. The van der Waals surface area contributed by atoms with Gasteiger partial charge >= 0.3 is 0 Å². The average molecular weight is 306 g/mol. The number of nitrogens with zero attached hydrogens (tertiary/aromatic N) is 4. The van der Waals surface area contributed by atoms with Crippen molar-refractivity contribution in [2.24, 2.45) is 13.0 Å². The Kier molecular flexibility index (Phi) is 5.16. The van der Waals surface area contributed by atoms with Gasteiger partial charge in [0.2, 0.25) is 0 Å². The number of hydrogen-bond donors (Lipinski definition) is 0. The lowest BCUT2D eigenvalue weighted by atomic mass is 9.97. The molecule has 0 amide bonds. The molecule has 0 unspecified atom stereocenters. The maximum atomic E-state index is 5.45. The molecule has 3 rings (SSSR count). The highest BCUT2D eigenvalue weighted by atomic mass is 16.5. The largest absolute Gasteiger partial charge is 0.379 e. The summed E-state index contributed by atoms with van der Waals surface area (Å²) in [6.07, 6.45) is 2.68. The molecule has 22 heavy (non-hydrogen) atoms. The highest BCUT2D eigenvalue weighted by molar-refractivity contribution is 5.13. The topological polar surface area (TPSA) is 33.5 Å². The zero-order chi connectivity index (χ0) is 15.5. The number of hydrogen-bond acceptors (Lipinski definition) is 4. The van der Waals surface area contributed by atoms with Crippen LogP contribution >= 0.6 is 0 Å². The Labute approximate surface area is 134 Å². The average Bonchev–Trinajstić information content (AvgIpc) is 2.76. The quantitative estimate of drug-likeness (QED) is 0.846. The zero-order valence-electron chi connectivity index (χ0n) is 14.3. The first kappa shape index (κ1) is 16.0. The van der Waals surface area contributed by atoms with Crippen LogP contribution in [0, 0.1) is 19.8 Å². The van der Waals surface area contributed by atoms with Crippen LogP contribution in [0.2, 0.25) is 0 Å². The molecule has 0 bridgehead atoms. The highest BCUT2D eigenvalue weighted by Crippen LogP contribution is 2.20. The highest BCUT2D eigenvalue weighted by Gasteiger charge is 2.24. The molecule has 124 valence electrons. The van der Waals surface area contributed by atoms with Crippen molar-refractivity contribution >= 4 is 0 Å². The van der Waals surface area contributed by atoms with Crippen LogP contribution in [0.5, 0.6) is 0 Å².